The van der Waals surface area contributed by atoms with Crippen molar-refractivity contribution in [2.75, 3.05) is 12.4 Å². The first-order valence-electron chi connectivity index (χ1n) is 6.66. The molecule has 0 bridgehead atoms. The molecule has 118 valence electrons. The van der Waals surface area contributed by atoms with Crippen molar-refractivity contribution in [1.29, 1.82) is 0 Å². The standard InChI is InChI=1S/C15H18N2O4S/c1-10-6-7-12(22(18,19)20)9-14(10)17-11(2)13-5-4-8-16-15(13)21-3/h4-9,11,17H,1-3H3,(H,18,19,20)/t11-/m1/s1. The molecule has 0 unspecified atom stereocenters. The summed E-state index contributed by atoms with van der Waals surface area (Å²) in [6.07, 6.45) is 1.64. The van der Waals surface area contributed by atoms with Crippen LogP contribution in [0.1, 0.15) is 24.1 Å². The molecule has 1 aromatic heterocycles. The van der Waals surface area contributed by atoms with E-state index in [0.717, 1.165) is 11.1 Å². The monoisotopic (exact) mass is 322 g/mol. The fourth-order valence-corrected chi connectivity index (χ4v) is 2.64. The molecule has 0 amide bonds. The van der Waals surface area contributed by atoms with Crippen LogP contribution in [0.2, 0.25) is 0 Å². The topological polar surface area (TPSA) is 88.5 Å². The Morgan fingerprint density at radius 1 is 1.32 bits per heavy atom. The molecule has 0 saturated carbocycles. The van der Waals surface area contributed by atoms with Gasteiger partial charge >= 0.3 is 0 Å². The first-order chi connectivity index (χ1) is 10.3. The molecule has 0 spiro atoms. The highest BCUT2D eigenvalue weighted by molar-refractivity contribution is 7.85. The summed E-state index contributed by atoms with van der Waals surface area (Å²) in [5, 5.41) is 3.22. The van der Waals surface area contributed by atoms with Gasteiger partial charge in [0.15, 0.2) is 0 Å². The van der Waals surface area contributed by atoms with Crippen molar-refractivity contribution < 1.29 is 17.7 Å². The zero-order valence-corrected chi connectivity index (χ0v) is 13.4. The predicted molar refractivity (Wildman–Crippen MR) is 83.8 cm³/mol. The second-order valence-corrected chi connectivity index (χ2v) is 6.34. The van der Waals surface area contributed by atoms with Crippen LogP contribution >= 0.6 is 0 Å². The molecular weight excluding hydrogens is 304 g/mol. The summed E-state index contributed by atoms with van der Waals surface area (Å²) >= 11 is 0. The van der Waals surface area contributed by atoms with E-state index in [0.29, 0.717) is 11.6 Å². The molecule has 2 N–H and O–H groups in total. The number of hydrogen-bond acceptors (Lipinski definition) is 5. The summed E-state index contributed by atoms with van der Waals surface area (Å²) in [6, 6.07) is 7.94. The quantitative estimate of drug-likeness (QED) is 0.823. The smallest absolute Gasteiger partial charge is 0.294 e. The lowest BCUT2D eigenvalue weighted by atomic mass is 10.1. The van der Waals surface area contributed by atoms with E-state index in [1.807, 2.05) is 19.9 Å². The van der Waals surface area contributed by atoms with Crippen LogP contribution in [-0.2, 0) is 10.1 Å². The number of aromatic nitrogens is 1. The normalized spacial score (nSPS) is 12.7. The van der Waals surface area contributed by atoms with Crippen molar-refractivity contribution in [3.05, 3.63) is 47.7 Å². The van der Waals surface area contributed by atoms with Crippen LogP contribution in [0, 0.1) is 6.92 Å². The lowest BCUT2D eigenvalue weighted by Crippen LogP contribution is -2.10. The van der Waals surface area contributed by atoms with Crippen LogP contribution in [0.4, 0.5) is 5.69 Å². The third kappa shape index (κ3) is 3.55. The van der Waals surface area contributed by atoms with Crippen molar-refractivity contribution >= 4 is 15.8 Å². The molecule has 0 fully saturated rings. The Morgan fingerprint density at radius 3 is 2.68 bits per heavy atom. The van der Waals surface area contributed by atoms with Gasteiger partial charge in [-0.05, 0) is 37.6 Å². The van der Waals surface area contributed by atoms with E-state index in [4.69, 9.17) is 9.29 Å². The molecule has 0 radical (unpaired) electrons. The van der Waals surface area contributed by atoms with Crippen molar-refractivity contribution in [2.45, 2.75) is 24.8 Å². The van der Waals surface area contributed by atoms with Gasteiger partial charge in [-0.1, -0.05) is 12.1 Å². The average molecular weight is 322 g/mol. The summed E-state index contributed by atoms with van der Waals surface area (Å²) in [7, 11) is -2.69. The Morgan fingerprint density at radius 2 is 2.05 bits per heavy atom. The van der Waals surface area contributed by atoms with E-state index >= 15 is 0 Å². The molecular formula is C15H18N2O4S. The van der Waals surface area contributed by atoms with Crippen LogP contribution in [0.5, 0.6) is 5.88 Å². The number of nitrogens with zero attached hydrogens (tertiary/aromatic N) is 1. The zero-order valence-electron chi connectivity index (χ0n) is 12.6. The predicted octanol–water partition coefficient (Wildman–Crippen LogP) is 2.82. The average Bonchev–Trinajstić information content (AvgIpc) is 2.48. The van der Waals surface area contributed by atoms with Gasteiger partial charge in [-0.15, -0.1) is 0 Å². The molecule has 0 saturated heterocycles. The van der Waals surface area contributed by atoms with Crippen LogP contribution in [0.25, 0.3) is 0 Å². The number of aryl methyl sites for hydroxylation is 1. The first-order valence-corrected chi connectivity index (χ1v) is 8.10. The highest BCUT2D eigenvalue weighted by atomic mass is 32.2. The maximum Gasteiger partial charge on any atom is 0.294 e. The maximum atomic E-state index is 11.3. The van der Waals surface area contributed by atoms with Gasteiger partial charge in [0.05, 0.1) is 18.0 Å². The van der Waals surface area contributed by atoms with Gasteiger partial charge in [-0.25, -0.2) is 4.98 Å². The van der Waals surface area contributed by atoms with E-state index in [1.165, 1.54) is 12.1 Å². The van der Waals surface area contributed by atoms with E-state index in [2.05, 4.69) is 10.3 Å². The SMILES string of the molecule is COc1ncccc1[C@@H](C)Nc1cc(S(=O)(=O)O)ccc1C. The minimum absolute atomic E-state index is 0.147. The second kappa shape index (κ2) is 6.33. The highest BCUT2D eigenvalue weighted by Crippen LogP contribution is 2.28. The minimum atomic E-state index is -4.23. The maximum absolute atomic E-state index is 11.3. The molecule has 0 aliphatic rings. The van der Waals surface area contributed by atoms with Gasteiger partial charge in [-0.2, -0.15) is 8.42 Å². The lowest BCUT2D eigenvalue weighted by molar-refractivity contribution is 0.390. The van der Waals surface area contributed by atoms with Crippen LogP contribution in [0.15, 0.2) is 41.4 Å². The van der Waals surface area contributed by atoms with E-state index in [-0.39, 0.29) is 10.9 Å². The Bertz CT molecular complexity index is 775. The van der Waals surface area contributed by atoms with Gasteiger partial charge in [-0.3, -0.25) is 4.55 Å². The molecule has 1 atom stereocenters. The number of rotatable bonds is 5. The number of pyridine rings is 1. The third-order valence-corrected chi connectivity index (χ3v) is 4.19. The zero-order chi connectivity index (χ0) is 16.3. The Labute approximate surface area is 129 Å². The summed E-state index contributed by atoms with van der Waals surface area (Å²) < 4.78 is 36.9. The summed E-state index contributed by atoms with van der Waals surface area (Å²) in [4.78, 5) is 3.99. The van der Waals surface area contributed by atoms with E-state index < -0.39 is 10.1 Å². The van der Waals surface area contributed by atoms with Gasteiger partial charge in [0.1, 0.15) is 0 Å². The largest absolute Gasteiger partial charge is 0.481 e. The summed E-state index contributed by atoms with van der Waals surface area (Å²) in [5.74, 6) is 0.506. The van der Waals surface area contributed by atoms with Crippen LogP contribution in [0.3, 0.4) is 0 Å². The van der Waals surface area contributed by atoms with Crippen molar-refractivity contribution in [3.8, 4) is 5.88 Å². The van der Waals surface area contributed by atoms with Crippen molar-refractivity contribution in [2.24, 2.45) is 0 Å². The number of methoxy groups -OCH3 is 1. The first kappa shape index (κ1) is 16.3. The second-order valence-electron chi connectivity index (χ2n) is 4.92. The summed E-state index contributed by atoms with van der Waals surface area (Å²) in [5.41, 5.74) is 2.33. The Kier molecular flexibility index (Phi) is 4.68. The number of ether oxygens (including phenoxy) is 1. The van der Waals surface area contributed by atoms with Crippen molar-refractivity contribution in [3.63, 3.8) is 0 Å². The number of nitrogens with one attached hydrogen (secondary N) is 1. The fourth-order valence-electron chi connectivity index (χ4n) is 2.13. The molecule has 1 heterocycles. The number of benzene rings is 1. The Hall–Kier alpha value is -2.12. The van der Waals surface area contributed by atoms with Gasteiger partial charge in [0.25, 0.3) is 10.1 Å². The molecule has 1 aromatic carbocycles. The molecule has 22 heavy (non-hydrogen) atoms. The minimum Gasteiger partial charge on any atom is -0.481 e. The van der Waals surface area contributed by atoms with E-state index in [1.54, 1.807) is 25.4 Å². The highest BCUT2D eigenvalue weighted by Gasteiger charge is 2.15. The van der Waals surface area contributed by atoms with Gasteiger partial charge in [0.2, 0.25) is 5.88 Å². The van der Waals surface area contributed by atoms with E-state index in [9.17, 15) is 8.42 Å². The fraction of sp³-hybridized carbons (Fsp3) is 0.267. The number of anilines is 1. The third-order valence-electron chi connectivity index (χ3n) is 3.34. The molecule has 0 aliphatic carbocycles. The molecule has 6 nitrogen and oxygen atoms in total. The molecule has 7 heteroatoms. The van der Waals surface area contributed by atoms with Crippen molar-refractivity contribution in [1.82, 2.24) is 4.98 Å². The van der Waals surface area contributed by atoms with Gasteiger partial charge < -0.3 is 10.1 Å². The molecule has 0 aliphatic heterocycles. The van der Waals surface area contributed by atoms with Crippen LogP contribution < -0.4 is 10.1 Å². The van der Waals surface area contributed by atoms with Crippen LogP contribution in [-0.4, -0.2) is 25.1 Å². The molecule has 2 rings (SSSR count). The number of hydrogen-bond donors (Lipinski definition) is 2. The Balaban J connectivity index is 2.34. The van der Waals surface area contributed by atoms with Gasteiger partial charge in [0, 0.05) is 17.4 Å². The molecule has 2 aromatic rings. The summed E-state index contributed by atoms with van der Waals surface area (Å²) in [6.45, 7) is 3.77. The lowest BCUT2D eigenvalue weighted by Gasteiger charge is -2.19.